The predicted octanol–water partition coefficient (Wildman–Crippen LogP) is 1.66. The first-order valence-electron chi connectivity index (χ1n) is 5.04. The Morgan fingerprint density at radius 2 is 2.12 bits per heavy atom. The molecular formula is C12H9N3O2. The van der Waals surface area contributed by atoms with E-state index in [0.717, 1.165) is 5.39 Å². The Morgan fingerprint density at radius 1 is 1.29 bits per heavy atom. The summed E-state index contributed by atoms with van der Waals surface area (Å²) >= 11 is 0. The summed E-state index contributed by atoms with van der Waals surface area (Å²) in [5, 5.41) is 0.739. The topological polar surface area (TPSA) is 95.1 Å². The molecule has 0 saturated heterocycles. The zero-order valence-electron chi connectivity index (χ0n) is 8.81. The van der Waals surface area contributed by atoms with E-state index in [-0.39, 0.29) is 5.56 Å². The van der Waals surface area contributed by atoms with E-state index in [1.165, 1.54) is 0 Å². The number of benzene rings is 1. The lowest BCUT2D eigenvalue weighted by Crippen LogP contribution is -2.13. The molecule has 0 fully saturated rings. The van der Waals surface area contributed by atoms with E-state index in [4.69, 9.17) is 15.9 Å². The van der Waals surface area contributed by atoms with E-state index in [1.54, 1.807) is 30.5 Å². The third kappa shape index (κ3) is 1.25. The average molecular weight is 227 g/mol. The lowest BCUT2D eigenvalue weighted by molar-refractivity contribution is 0.100. The van der Waals surface area contributed by atoms with Gasteiger partial charge in [0.2, 0.25) is 0 Å². The first kappa shape index (κ1) is 9.65. The molecule has 0 saturated carbocycles. The highest BCUT2D eigenvalue weighted by Crippen LogP contribution is 2.31. The van der Waals surface area contributed by atoms with Crippen molar-refractivity contribution in [2.45, 2.75) is 0 Å². The Hall–Kier alpha value is -2.56. The molecule has 2 heterocycles. The fourth-order valence-electron chi connectivity index (χ4n) is 1.93. The molecule has 0 radical (unpaired) electrons. The number of hydrogen-bond donors (Lipinski definition) is 2. The molecule has 2 aromatic heterocycles. The zero-order valence-corrected chi connectivity index (χ0v) is 8.81. The third-order valence-corrected chi connectivity index (χ3v) is 2.67. The van der Waals surface area contributed by atoms with Crippen LogP contribution in [-0.4, -0.2) is 10.9 Å². The summed E-state index contributed by atoms with van der Waals surface area (Å²) in [6, 6.07) is 6.95. The van der Waals surface area contributed by atoms with Crippen molar-refractivity contribution in [1.29, 1.82) is 0 Å². The first-order chi connectivity index (χ1) is 8.18. The molecule has 5 nitrogen and oxygen atoms in total. The quantitative estimate of drug-likeness (QED) is 0.618. The molecular weight excluding hydrogens is 218 g/mol. The standard InChI is InChI=1S/C12H9N3O2/c13-7-4-3-6-10-8(2-1-5-15-10)17-11(6)9(7)12(14)16/h1-5H,13H2,(H2,14,16). The largest absolute Gasteiger partial charge is 0.453 e. The second kappa shape index (κ2) is 3.21. The molecule has 4 N–H and O–H groups in total. The minimum absolute atomic E-state index is 0.209. The van der Waals surface area contributed by atoms with Gasteiger partial charge >= 0.3 is 0 Å². The minimum Gasteiger partial charge on any atom is -0.453 e. The lowest BCUT2D eigenvalue weighted by Gasteiger charge is -2.00. The SMILES string of the molecule is NC(=O)c1c(N)ccc2c1oc1cccnc12. The normalized spacial score (nSPS) is 11.1. The monoisotopic (exact) mass is 227 g/mol. The van der Waals surface area contributed by atoms with Crippen LogP contribution in [0.15, 0.2) is 34.9 Å². The van der Waals surface area contributed by atoms with Crippen LogP contribution in [0.5, 0.6) is 0 Å². The van der Waals surface area contributed by atoms with Crippen LogP contribution in [0.4, 0.5) is 5.69 Å². The van der Waals surface area contributed by atoms with E-state index in [0.29, 0.717) is 22.4 Å². The van der Waals surface area contributed by atoms with Gasteiger partial charge < -0.3 is 15.9 Å². The number of carbonyl (C=O) groups excluding carboxylic acids is 1. The summed E-state index contributed by atoms with van der Waals surface area (Å²) in [6.07, 6.45) is 1.66. The Labute approximate surface area is 96.0 Å². The molecule has 0 unspecified atom stereocenters. The molecule has 84 valence electrons. The number of aromatic nitrogens is 1. The molecule has 0 aliphatic rings. The van der Waals surface area contributed by atoms with Gasteiger partial charge in [0, 0.05) is 17.3 Å². The second-order valence-corrected chi connectivity index (χ2v) is 3.72. The van der Waals surface area contributed by atoms with Gasteiger partial charge in [0.1, 0.15) is 11.1 Å². The van der Waals surface area contributed by atoms with E-state index >= 15 is 0 Å². The molecule has 1 aromatic carbocycles. The number of anilines is 1. The van der Waals surface area contributed by atoms with Gasteiger partial charge in [-0.15, -0.1) is 0 Å². The Kier molecular flexibility index (Phi) is 1.82. The highest BCUT2D eigenvalue weighted by atomic mass is 16.3. The van der Waals surface area contributed by atoms with E-state index in [2.05, 4.69) is 4.98 Å². The van der Waals surface area contributed by atoms with Crippen molar-refractivity contribution in [3.8, 4) is 0 Å². The molecule has 3 aromatic rings. The van der Waals surface area contributed by atoms with E-state index in [1.807, 2.05) is 0 Å². The molecule has 0 aliphatic heterocycles. The number of nitrogens with two attached hydrogens (primary N) is 2. The number of pyridine rings is 1. The van der Waals surface area contributed by atoms with Crippen LogP contribution in [0.2, 0.25) is 0 Å². The van der Waals surface area contributed by atoms with Gasteiger partial charge in [0.25, 0.3) is 5.91 Å². The van der Waals surface area contributed by atoms with Gasteiger partial charge in [-0.2, -0.15) is 0 Å². The van der Waals surface area contributed by atoms with Gasteiger partial charge in [-0.1, -0.05) is 0 Å². The van der Waals surface area contributed by atoms with Gasteiger partial charge in [-0.25, -0.2) is 0 Å². The molecule has 1 amide bonds. The summed E-state index contributed by atoms with van der Waals surface area (Å²) in [6.45, 7) is 0. The maximum absolute atomic E-state index is 11.4. The Bertz CT molecular complexity index is 746. The number of carbonyl (C=O) groups is 1. The lowest BCUT2D eigenvalue weighted by atomic mass is 10.1. The van der Waals surface area contributed by atoms with Crippen LogP contribution in [0.3, 0.4) is 0 Å². The van der Waals surface area contributed by atoms with Gasteiger partial charge in [-0.3, -0.25) is 9.78 Å². The number of nitrogens with zero attached hydrogens (tertiary/aromatic N) is 1. The van der Waals surface area contributed by atoms with Crippen LogP contribution in [-0.2, 0) is 0 Å². The summed E-state index contributed by atoms with van der Waals surface area (Å²) in [4.78, 5) is 15.6. The third-order valence-electron chi connectivity index (χ3n) is 2.67. The van der Waals surface area contributed by atoms with Crippen molar-refractivity contribution < 1.29 is 9.21 Å². The number of primary amides is 1. The smallest absolute Gasteiger partial charge is 0.254 e. The van der Waals surface area contributed by atoms with Gasteiger partial charge in [-0.05, 0) is 24.3 Å². The summed E-state index contributed by atoms with van der Waals surface area (Å²) in [7, 11) is 0. The second-order valence-electron chi connectivity index (χ2n) is 3.72. The Morgan fingerprint density at radius 3 is 2.88 bits per heavy atom. The van der Waals surface area contributed by atoms with Crippen molar-refractivity contribution in [3.63, 3.8) is 0 Å². The molecule has 0 atom stereocenters. The average Bonchev–Trinajstić information content (AvgIpc) is 2.66. The highest BCUT2D eigenvalue weighted by Gasteiger charge is 2.17. The maximum atomic E-state index is 11.4. The van der Waals surface area contributed by atoms with E-state index < -0.39 is 5.91 Å². The van der Waals surface area contributed by atoms with Crippen molar-refractivity contribution in [3.05, 3.63) is 36.0 Å². The van der Waals surface area contributed by atoms with Gasteiger partial charge in [0.05, 0.1) is 0 Å². The highest BCUT2D eigenvalue weighted by molar-refractivity contribution is 6.14. The van der Waals surface area contributed by atoms with Crippen molar-refractivity contribution in [2.24, 2.45) is 5.73 Å². The summed E-state index contributed by atoms with van der Waals surface area (Å²) in [5.41, 5.74) is 13.3. The number of hydrogen-bond acceptors (Lipinski definition) is 4. The van der Waals surface area contributed by atoms with Crippen LogP contribution in [0, 0.1) is 0 Å². The number of furan rings is 1. The maximum Gasteiger partial charge on any atom is 0.254 e. The van der Waals surface area contributed by atoms with E-state index in [9.17, 15) is 4.79 Å². The number of rotatable bonds is 1. The van der Waals surface area contributed by atoms with Crippen LogP contribution in [0.25, 0.3) is 22.1 Å². The molecule has 3 rings (SSSR count). The molecule has 0 aliphatic carbocycles. The van der Waals surface area contributed by atoms with Gasteiger partial charge in [0.15, 0.2) is 11.2 Å². The first-order valence-corrected chi connectivity index (χ1v) is 5.04. The summed E-state index contributed by atoms with van der Waals surface area (Å²) in [5.74, 6) is -0.604. The number of fused-ring (bicyclic) bond motifs is 3. The van der Waals surface area contributed by atoms with Crippen molar-refractivity contribution in [1.82, 2.24) is 4.98 Å². The summed E-state index contributed by atoms with van der Waals surface area (Å²) < 4.78 is 5.58. The fraction of sp³-hybridized carbons (Fsp3) is 0. The molecule has 0 spiro atoms. The Balaban J connectivity index is 2.56. The number of amides is 1. The van der Waals surface area contributed by atoms with Crippen molar-refractivity contribution in [2.75, 3.05) is 5.73 Å². The predicted molar refractivity (Wildman–Crippen MR) is 64.4 cm³/mol. The fourth-order valence-corrected chi connectivity index (χ4v) is 1.93. The van der Waals surface area contributed by atoms with Crippen LogP contribution >= 0.6 is 0 Å². The van der Waals surface area contributed by atoms with Crippen molar-refractivity contribution >= 4 is 33.7 Å². The number of nitrogen functional groups attached to an aromatic ring is 1. The molecule has 0 bridgehead atoms. The molecule has 5 heteroatoms. The molecule has 17 heavy (non-hydrogen) atoms. The zero-order chi connectivity index (χ0) is 12.0. The van der Waals surface area contributed by atoms with Crippen LogP contribution < -0.4 is 11.5 Å². The minimum atomic E-state index is -0.604. The van der Waals surface area contributed by atoms with Crippen LogP contribution in [0.1, 0.15) is 10.4 Å².